The molecule has 1 aromatic rings. The lowest BCUT2D eigenvalue weighted by Gasteiger charge is -2.18. The van der Waals surface area contributed by atoms with Crippen LogP contribution in [0.25, 0.3) is 0 Å². The van der Waals surface area contributed by atoms with Crippen molar-refractivity contribution in [2.75, 3.05) is 6.26 Å². The third kappa shape index (κ3) is 4.29. The predicted octanol–water partition coefficient (Wildman–Crippen LogP) is 2.37. The molecule has 88 valence electrons. The van der Waals surface area contributed by atoms with Crippen LogP contribution in [0, 0.1) is 11.3 Å². The highest BCUT2D eigenvalue weighted by atomic mass is 32.2. The van der Waals surface area contributed by atoms with E-state index in [0.29, 0.717) is 6.42 Å². The zero-order valence-corrected chi connectivity index (χ0v) is 11.9. The number of hydrogen-bond donors (Lipinski definition) is 1. The maximum Gasteiger partial charge on any atom is 0.175 e. The molecule has 0 fully saturated rings. The Kier molecular flexibility index (Phi) is 5.05. The number of nitriles is 1. The standard InChI is InChI=1S/C9H14N4S3/c1-6(4-9(2,11)5-10)15-8-13-12-7(14-3)16-8/h6H,4,11H2,1-3H3. The lowest BCUT2D eigenvalue weighted by molar-refractivity contribution is 0.545. The molecule has 7 heteroatoms. The SMILES string of the molecule is CSc1nnc(SC(C)CC(C)(N)C#N)s1. The van der Waals surface area contributed by atoms with E-state index in [1.165, 1.54) is 0 Å². The number of nitrogens with zero attached hydrogens (tertiary/aromatic N) is 3. The van der Waals surface area contributed by atoms with Crippen molar-refractivity contribution in [2.45, 2.75) is 39.7 Å². The first-order chi connectivity index (χ1) is 7.46. The second-order valence-corrected chi connectivity index (χ2v) is 7.42. The Morgan fingerprint density at radius 3 is 2.69 bits per heavy atom. The molecule has 2 unspecified atom stereocenters. The summed E-state index contributed by atoms with van der Waals surface area (Å²) in [6, 6.07) is 2.10. The van der Waals surface area contributed by atoms with E-state index in [2.05, 4.69) is 16.3 Å². The average molecular weight is 274 g/mol. The molecular weight excluding hydrogens is 260 g/mol. The second-order valence-electron chi connectivity index (χ2n) is 3.70. The number of aromatic nitrogens is 2. The Bertz CT molecular complexity index is 382. The van der Waals surface area contributed by atoms with E-state index in [4.69, 9.17) is 11.0 Å². The predicted molar refractivity (Wildman–Crippen MR) is 69.8 cm³/mol. The molecule has 0 spiro atoms. The monoisotopic (exact) mass is 274 g/mol. The highest BCUT2D eigenvalue weighted by Gasteiger charge is 2.22. The summed E-state index contributed by atoms with van der Waals surface area (Å²) in [4.78, 5) is 0. The van der Waals surface area contributed by atoms with E-state index in [1.807, 2.05) is 13.2 Å². The molecule has 2 N–H and O–H groups in total. The van der Waals surface area contributed by atoms with Crippen LogP contribution in [0.15, 0.2) is 8.68 Å². The van der Waals surface area contributed by atoms with E-state index in [0.717, 1.165) is 8.68 Å². The highest BCUT2D eigenvalue weighted by molar-refractivity contribution is 8.03. The lowest BCUT2D eigenvalue weighted by Crippen LogP contribution is -2.36. The molecule has 0 saturated carbocycles. The van der Waals surface area contributed by atoms with Crippen LogP contribution >= 0.6 is 34.9 Å². The van der Waals surface area contributed by atoms with Crippen LogP contribution in [0.1, 0.15) is 20.3 Å². The number of nitrogens with two attached hydrogens (primary N) is 1. The van der Waals surface area contributed by atoms with Crippen molar-refractivity contribution in [1.29, 1.82) is 5.26 Å². The normalized spacial score (nSPS) is 16.4. The van der Waals surface area contributed by atoms with Gasteiger partial charge in [0.25, 0.3) is 0 Å². The summed E-state index contributed by atoms with van der Waals surface area (Å²) in [6.45, 7) is 3.80. The van der Waals surface area contributed by atoms with E-state index in [1.54, 1.807) is 41.8 Å². The van der Waals surface area contributed by atoms with Gasteiger partial charge in [-0.25, -0.2) is 0 Å². The minimum Gasteiger partial charge on any atom is -0.314 e. The third-order valence-corrected chi connectivity index (χ3v) is 4.92. The van der Waals surface area contributed by atoms with Gasteiger partial charge in [-0.1, -0.05) is 41.8 Å². The van der Waals surface area contributed by atoms with Crippen molar-refractivity contribution < 1.29 is 0 Å². The van der Waals surface area contributed by atoms with Crippen LogP contribution in [0.4, 0.5) is 0 Å². The van der Waals surface area contributed by atoms with Gasteiger partial charge in [0, 0.05) is 5.25 Å². The van der Waals surface area contributed by atoms with Crippen molar-refractivity contribution in [3.8, 4) is 6.07 Å². The van der Waals surface area contributed by atoms with Gasteiger partial charge >= 0.3 is 0 Å². The summed E-state index contributed by atoms with van der Waals surface area (Å²) in [6.07, 6.45) is 2.62. The Balaban J connectivity index is 2.52. The molecule has 0 amide bonds. The average Bonchev–Trinajstić information content (AvgIpc) is 2.64. The Hall–Kier alpha value is -0.290. The summed E-state index contributed by atoms with van der Waals surface area (Å²) >= 11 is 4.79. The summed E-state index contributed by atoms with van der Waals surface area (Å²) in [5.74, 6) is 0. The molecule has 0 aliphatic heterocycles. The highest BCUT2D eigenvalue weighted by Crippen LogP contribution is 2.32. The van der Waals surface area contributed by atoms with Crippen LogP contribution in [0.5, 0.6) is 0 Å². The van der Waals surface area contributed by atoms with Gasteiger partial charge in [-0.05, 0) is 19.6 Å². The molecule has 0 aliphatic carbocycles. The van der Waals surface area contributed by atoms with Crippen LogP contribution in [0.3, 0.4) is 0 Å². The molecule has 4 nitrogen and oxygen atoms in total. The fraction of sp³-hybridized carbons (Fsp3) is 0.667. The van der Waals surface area contributed by atoms with Crippen molar-refractivity contribution in [3.63, 3.8) is 0 Å². The van der Waals surface area contributed by atoms with Crippen molar-refractivity contribution in [3.05, 3.63) is 0 Å². The molecule has 0 aliphatic rings. The van der Waals surface area contributed by atoms with Gasteiger partial charge in [0.1, 0.15) is 5.54 Å². The quantitative estimate of drug-likeness (QED) is 0.831. The van der Waals surface area contributed by atoms with Crippen molar-refractivity contribution in [2.24, 2.45) is 5.73 Å². The molecule has 0 bridgehead atoms. The number of hydrogen-bond acceptors (Lipinski definition) is 7. The zero-order chi connectivity index (χ0) is 12.2. The lowest BCUT2D eigenvalue weighted by atomic mass is 10.00. The molecule has 1 heterocycles. The Morgan fingerprint density at radius 2 is 2.19 bits per heavy atom. The maximum atomic E-state index is 8.84. The first-order valence-corrected chi connectivity index (χ1v) is 7.63. The number of rotatable bonds is 5. The van der Waals surface area contributed by atoms with E-state index >= 15 is 0 Å². The van der Waals surface area contributed by atoms with E-state index in [-0.39, 0.29) is 5.25 Å². The van der Waals surface area contributed by atoms with Gasteiger partial charge in [0.15, 0.2) is 8.68 Å². The van der Waals surface area contributed by atoms with E-state index in [9.17, 15) is 0 Å². The second kappa shape index (κ2) is 5.87. The summed E-state index contributed by atoms with van der Waals surface area (Å²) in [7, 11) is 0. The molecule has 16 heavy (non-hydrogen) atoms. The van der Waals surface area contributed by atoms with Gasteiger partial charge in [-0.3, -0.25) is 0 Å². The van der Waals surface area contributed by atoms with Gasteiger partial charge in [0.2, 0.25) is 0 Å². The molecule has 1 rings (SSSR count). The van der Waals surface area contributed by atoms with Crippen LogP contribution in [-0.2, 0) is 0 Å². The minimum atomic E-state index is -0.764. The smallest absolute Gasteiger partial charge is 0.175 e. The molecule has 0 aromatic carbocycles. The van der Waals surface area contributed by atoms with Crippen LogP contribution < -0.4 is 5.73 Å². The molecule has 2 atom stereocenters. The fourth-order valence-electron chi connectivity index (χ4n) is 1.18. The van der Waals surface area contributed by atoms with E-state index < -0.39 is 5.54 Å². The topological polar surface area (TPSA) is 75.6 Å². The molecule has 1 aromatic heterocycles. The van der Waals surface area contributed by atoms with Crippen LogP contribution in [-0.4, -0.2) is 27.2 Å². The van der Waals surface area contributed by atoms with Crippen molar-refractivity contribution >= 4 is 34.9 Å². The van der Waals surface area contributed by atoms with Crippen molar-refractivity contribution in [1.82, 2.24) is 10.2 Å². The molecule has 0 radical (unpaired) electrons. The minimum absolute atomic E-state index is 0.261. The van der Waals surface area contributed by atoms with Crippen LogP contribution in [0.2, 0.25) is 0 Å². The summed E-state index contributed by atoms with van der Waals surface area (Å²) < 4.78 is 1.90. The fourth-order valence-corrected chi connectivity index (χ4v) is 4.13. The van der Waals surface area contributed by atoms with Gasteiger partial charge in [-0.2, -0.15) is 5.26 Å². The third-order valence-electron chi connectivity index (χ3n) is 1.83. The molecular formula is C9H14N4S3. The number of thioether (sulfide) groups is 2. The van der Waals surface area contributed by atoms with Gasteiger partial charge in [0.05, 0.1) is 6.07 Å². The largest absolute Gasteiger partial charge is 0.314 e. The first kappa shape index (κ1) is 13.8. The molecule has 0 saturated heterocycles. The Morgan fingerprint density at radius 1 is 1.56 bits per heavy atom. The maximum absolute atomic E-state index is 8.84. The first-order valence-electron chi connectivity index (χ1n) is 4.71. The zero-order valence-electron chi connectivity index (χ0n) is 9.43. The van der Waals surface area contributed by atoms with Gasteiger partial charge < -0.3 is 5.73 Å². The van der Waals surface area contributed by atoms with Gasteiger partial charge in [-0.15, -0.1) is 10.2 Å². The summed E-state index contributed by atoms with van der Waals surface area (Å²) in [5.41, 5.74) is 5.03. The Labute approximate surface area is 108 Å². The summed E-state index contributed by atoms with van der Waals surface area (Å²) in [5, 5.41) is 17.2.